The molecule has 1 aliphatic rings. The van der Waals surface area contributed by atoms with Crippen LogP contribution in [0.3, 0.4) is 0 Å². The van der Waals surface area contributed by atoms with Crippen LogP contribution in [0.15, 0.2) is 42.5 Å². The summed E-state index contributed by atoms with van der Waals surface area (Å²) in [7, 11) is 1.32. The molecule has 4 rings (SSSR count). The zero-order valence-corrected chi connectivity index (χ0v) is 21.4. The second-order valence-electron chi connectivity index (χ2n) is 8.87. The number of methoxy groups -OCH3 is 1. The number of imidazole rings is 1. The number of esters is 4. The van der Waals surface area contributed by atoms with Crippen molar-refractivity contribution in [3.8, 4) is 11.4 Å². The van der Waals surface area contributed by atoms with Gasteiger partial charge in [0, 0.05) is 32.8 Å². The van der Waals surface area contributed by atoms with Crippen LogP contribution in [-0.2, 0) is 38.1 Å². The summed E-state index contributed by atoms with van der Waals surface area (Å²) in [6, 6.07) is 12.3. The first-order chi connectivity index (χ1) is 18.1. The molecule has 38 heavy (non-hydrogen) atoms. The molecule has 1 fully saturated rings. The number of benzene rings is 2. The molecule has 0 saturated carbocycles. The molecule has 0 bridgehead atoms. The van der Waals surface area contributed by atoms with Crippen LogP contribution in [0, 0.1) is 0 Å². The summed E-state index contributed by atoms with van der Waals surface area (Å²) < 4.78 is 27.2. The van der Waals surface area contributed by atoms with Crippen LogP contribution in [0.1, 0.15) is 49.2 Å². The van der Waals surface area contributed by atoms with Gasteiger partial charge in [-0.1, -0.05) is 18.2 Å². The van der Waals surface area contributed by atoms with Gasteiger partial charge >= 0.3 is 23.9 Å². The second-order valence-corrected chi connectivity index (χ2v) is 8.87. The van der Waals surface area contributed by atoms with Crippen molar-refractivity contribution in [1.29, 1.82) is 0 Å². The van der Waals surface area contributed by atoms with Gasteiger partial charge < -0.3 is 28.7 Å². The monoisotopic (exact) mass is 524 g/mol. The number of nitrogens with zero attached hydrogens (tertiary/aromatic N) is 1. The highest BCUT2D eigenvalue weighted by Crippen LogP contribution is 2.37. The summed E-state index contributed by atoms with van der Waals surface area (Å²) in [4.78, 5) is 54.9. The minimum absolute atomic E-state index is 0.0534. The van der Waals surface area contributed by atoms with Crippen LogP contribution in [0.25, 0.3) is 22.4 Å². The Morgan fingerprint density at radius 1 is 1.00 bits per heavy atom. The van der Waals surface area contributed by atoms with Crippen molar-refractivity contribution in [2.75, 3.05) is 13.7 Å². The Balaban J connectivity index is 1.70. The Morgan fingerprint density at radius 2 is 1.76 bits per heavy atom. The maximum atomic E-state index is 12.0. The molecule has 2 aromatic carbocycles. The third-order valence-corrected chi connectivity index (χ3v) is 5.98. The van der Waals surface area contributed by atoms with Gasteiger partial charge in [-0.3, -0.25) is 14.4 Å². The fourth-order valence-electron chi connectivity index (χ4n) is 4.43. The van der Waals surface area contributed by atoms with Crippen molar-refractivity contribution in [1.82, 2.24) is 9.97 Å². The third kappa shape index (κ3) is 6.17. The van der Waals surface area contributed by atoms with Crippen LogP contribution in [0.4, 0.5) is 0 Å². The summed E-state index contributed by atoms with van der Waals surface area (Å²) in [6.07, 6.45) is -3.01. The van der Waals surface area contributed by atoms with E-state index in [-0.39, 0.29) is 13.0 Å². The number of carbonyl (C=O) groups excluding carboxylic acids is 4. The Kier molecular flexibility index (Phi) is 8.06. The first-order valence-corrected chi connectivity index (χ1v) is 12.0. The number of hydrogen-bond acceptors (Lipinski definition) is 10. The highest BCUT2D eigenvalue weighted by atomic mass is 16.6. The lowest BCUT2D eigenvalue weighted by Gasteiger charge is -2.40. The van der Waals surface area contributed by atoms with Crippen LogP contribution < -0.4 is 0 Å². The molecule has 0 aliphatic carbocycles. The lowest BCUT2D eigenvalue weighted by atomic mass is 9.92. The molecule has 1 aromatic heterocycles. The number of rotatable bonds is 7. The van der Waals surface area contributed by atoms with Gasteiger partial charge in [-0.2, -0.15) is 0 Å². The summed E-state index contributed by atoms with van der Waals surface area (Å²) in [6.45, 7) is 3.77. The zero-order valence-electron chi connectivity index (χ0n) is 21.4. The van der Waals surface area contributed by atoms with Crippen LogP contribution in [0.2, 0.25) is 0 Å². The SMILES string of the molecule is COC(=O)c1ccc2nc(-c3cccc([C@H]4O[C@H](COC(C)=O)C[C@H](OC(C)=O)[C@@H]4OC(C)=O)c3)[nH]c2c1. The van der Waals surface area contributed by atoms with Gasteiger partial charge in [0.25, 0.3) is 0 Å². The van der Waals surface area contributed by atoms with Crippen LogP contribution in [0.5, 0.6) is 0 Å². The Bertz CT molecular complexity index is 1370. The maximum Gasteiger partial charge on any atom is 0.337 e. The van der Waals surface area contributed by atoms with Gasteiger partial charge in [0.2, 0.25) is 0 Å². The van der Waals surface area contributed by atoms with E-state index in [4.69, 9.17) is 23.7 Å². The molecule has 11 heteroatoms. The highest BCUT2D eigenvalue weighted by molar-refractivity contribution is 5.94. The maximum absolute atomic E-state index is 12.0. The number of nitrogens with one attached hydrogen (secondary N) is 1. The number of hydrogen-bond donors (Lipinski definition) is 1. The Hall–Kier alpha value is -4.25. The average molecular weight is 525 g/mol. The quantitative estimate of drug-likeness (QED) is 0.361. The van der Waals surface area contributed by atoms with Crippen molar-refractivity contribution in [2.24, 2.45) is 0 Å². The lowest BCUT2D eigenvalue weighted by Crippen LogP contribution is -2.48. The molecule has 0 spiro atoms. The third-order valence-electron chi connectivity index (χ3n) is 5.98. The van der Waals surface area contributed by atoms with Gasteiger partial charge in [0.1, 0.15) is 24.6 Å². The fourth-order valence-corrected chi connectivity index (χ4v) is 4.43. The minimum Gasteiger partial charge on any atom is -0.465 e. The number of ether oxygens (including phenoxy) is 5. The molecule has 1 saturated heterocycles. The van der Waals surface area contributed by atoms with Crippen molar-refractivity contribution in [2.45, 2.75) is 51.6 Å². The van der Waals surface area contributed by atoms with E-state index in [1.807, 2.05) is 12.1 Å². The summed E-state index contributed by atoms with van der Waals surface area (Å²) in [5.41, 5.74) is 3.03. The van der Waals surface area contributed by atoms with Crippen LogP contribution in [-0.4, -0.2) is 65.9 Å². The number of aromatic nitrogens is 2. The minimum atomic E-state index is -0.932. The van der Waals surface area contributed by atoms with E-state index < -0.39 is 48.3 Å². The standard InChI is InChI=1S/C27H28N2O9/c1-14(30)35-13-20-12-23(36-15(2)31)25(37-16(3)32)24(38-20)17-6-5-7-18(10-17)26-28-21-9-8-19(27(33)34-4)11-22(21)29-26/h5-11,20,23-25H,12-13H2,1-4H3,(H,28,29)/t20-,23-,24+,25-/m0/s1. The predicted octanol–water partition coefficient (Wildman–Crippen LogP) is 3.27. The summed E-state index contributed by atoms with van der Waals surface area (Å²) in [5, 5.41) is 0. The van der Waals surface area contributed by atoms with E-state index in [1.165, 1.54) is 27.9 Å². The van der Waals surface area contributed by atoms with Crippen molar-refractivity contribution in [3.05, 3.63) is 53.6 Å². The first-order valence-electron chi connectivity index (χ1n) is 12.0. The highest BCUT2D eigenvalue weighted by Gasteiger charge is 2.44. The van der Waals surface area contributed by atoms with Crippen molar-refractivity contribution < 1.29 is 42.9 Å². The van der Waals surface area contributed by atoms with E-state index in [2.05, 4.69) is 9.97 Å². The largest absolute Gasteiger partial charge is 0.465 e. The zero-order chi connectivity index (χ0) is 27.4. The van der Waals surface area contributed by atoms with E-state index >= 15 is 0 Å². The predicted molar refractivity (Wildman–Crippen MR) is 133 cm³/mol. The van der Waals surface area contributed by atoms with Gasteiger partial charge in [-0.25, -0.2) is 9.78 Å². The van der Waals surface area contributed by atoms with Crippen molar-refractivity contribution >= 4 is 34.9 Å². The lowest BCUT2D eigenvalue weighted by molar-refractivity contribution is -0.214. The number of fused-ring (bicyclic) bond motifs is 1. The molecule has 3 aromatic rings. The van der Waals surface area contributed by atoms with Gasteiger partial charge in [-0.05, 0) is 29.8 Å². The van der Waals surface area contributed by atoms with Crippen molar-refractivity contribution in [3.63, 3.8) is 0 Å². The second kappa shape index (κ2) is 11.4. The number of aromatic amines is 1. The molecule has 200 valence electrons. The normalized spacial score (nSPS) is 20.9. The van der Waals surface area contributed by atoms with Gasteiger partial charge in [-0.15, -0.1) is 0 Å². The molecular weight excluding hydrogens is 496 g/mol. The van der Waals surface area contributed by atoms with E-state index in [9.17, 15) is 19.2 Å². The average Bonchev–Trinajstić information content (AvgIpc) is 3.31. The first kappa shape index (κ1) is 26.8. The molecule has 2 heterocycles. The molecule has 1 N–H and O–H groups in total. The van der Waals surface area contributed by atoms with Gasteiger partial charge in [0.15, 0.2) is 6.10 Å². The summed E-state index contributed by atoms with van der Waals surface area (Å²) in [5.74, 6) is -1.49. The fraction of sp³-hybridized carbons (Fsp3) is 0.370. The molecule has 1 aliphatic heterocycles. The molecule has 11 nitrogen and oxygen atoms in total. The number of H-pyrrole nitrogens is 1. The molecule has 0 amide bonds. The Labute approximate surface area is 218 Å². The molecular formula is C27H28N2O9. The summed E-state index contributed by atoms with van der Waals surface area (Å²) >= 11 is 0. The van der Waals surface area contributed by atoms with E-state index in [0.717, 1.165) is 0 Å². The van der Waals surface area contributed by atoms with Gasteiger partial charge in [0.05, 0.1) is 29.8 Å². The smallest absolute Gasteiger partial charge is 0.337 e. The van der Waals surface area contributed by atoms with E-state index in [0.29, 0.717) is 33.5 Å². The van der Waals surface area contributed by atoms with E-state index in [1.54, 1.807) is 30.3 Å². The molecule has 0 radical (unpaired) electrons. The van der Waals surface area contributed by atoms with Crippen LogP contribution >= 0.6 is 0 Å². The topological polar surface area (TPSA) is 143 Å². The molecule has 4 atom stereocenters. The number of carbonyl (C=O) groups is 4. The Morgan fingerprint density at radius 3 is 2.45 bits per heavy atom. The molecule has 0 unspecified atom stereocenters.